The highest BCUT2D eigenvalue weighted by molar-refractivity contribution is 6.04. The minimum atomic E-state index is 0.686. The van der Waals surface area contributed by atoms with Crippen LogP contribution in [0, 0.1) is 0 Å². The van der Waals surface area contributed by atoms with Crippen molar-refractivity contribution in [3.8, 4) is 78.8 Å². The molecule has 0 N–H and O–H groups in total. The highest BCUT2D eigenvalue weighted by atomic mass is 16.5. The van der Waals surface area contributed by atoms with Crippen molar-refractivity contribution in [2.24, 2.45) is 0 Å². The van der Waals surface area contributed by atoms with Gasteiger partial charge in [-0.2, -0.15) is 0 Å². The zero-order chi connectivity index (χ0) is 31.2. The zero-order valence-corrected chi connectivity index (χ0v) is 25.5. The molecule has 0 saturated carbocycles. The summed E-state index contributed by atoms with van der Waals surface area (Å²) in [5.74, 6) is 2.43. The number of fused-ring (bicyclic) bond motifs is 2. The molecule has 1 aliphatic rings. The first-order valence-electron chi connectivity index (χ1n) is 15.8. The predicted molar refractivity (Wildman–Crippen MR) is 192 cm³/mol. The minimum Gasteiger partial charge on any atom is -0.456 e. The maximum atomic E-state index is 6.39. The van der Waals surface area contributed by atoms with Crippen molar-refractivity contribution in [2.45, 2.75) is 0 Å². The van der Waals surface area contributed by atoms with Crippen LogP contribution in [0.2, 0.25) is 0 Å². The monoisotopic (exact) mass is 600 g/mol. The molecule has 3 nitrogen and oxygen atoms in total. The molecule has 7 aromatic carbocycles. The average Bonchev–Trinajstić information content (AvgIpc) is 3.16. The van der Waals surface area contributed by atoms with Crippen LogP contribution >= 0.6 is 0 Å². The lowest BCUT2D eigenvalue weighted by Crippen LogP contribution is -1.99. The molecule has 3 heteroatoms. The molecule has 220 valence electrons. The molecule has 0 radical (unpaired) electrons. The van der Waals surface area contributed by atoms with Crippen LogP contribution in [0.1, 0.15) is 0 Å². The number of hydrogen-bond acceptors (Lipinski definition) is 3. The van der Waals surface area contributed by atoms with E-state index >= 15 is 0 Å². The zero-order valence-electron chi connectivity index (χ0n) is 25.5. The number of aromatic nitrogens is 2. The van der Waals surface area contributed by atoms with Crippen LogP contribution in [-0.4, -0.2) is 9.97 Å². The van der Waals surface area contributed by atoms with Gasteiger partial charge in [-0.1, -0.05) is 140 Å². The molecule has 0 unspecified atom stereocenters. The third kappa shape index (κ3) is 4.95. The third-order valence-electron chi connectivity index (χ3n) is 8.92. The number of rotatable bonds is 5. The Labute approximate surface area is 273 Å². The van der Waals surface area contributed by atoms with Crippen molar-refractivity contribution in [3.05, 3.63) is 170 Å². The molecule has 47 heavy (non-hydrogen) atoms. The van der Waals surface area contributed by atoms with E-state index in [0.29, 0.717) is 5.82 Å². The number of ether oxygens (including phenoxy) is 1. The molecular weight excluding hydrogens is 572 g/mol. The van der Waals surface area contributed by atoms with Crippen molar-refractivity contribution in [1.82, 2.24) is 9.97 Å². The van der Waals surface area contributed by atoms with Gasteiger partial charge in [0.05, 0.1) is 11.4 Å². The van der Waals surface area contributed by atoms with Crippen LogP contribution in [0.15, 0.2) is 170 Å². The van der Waals surface area contributed by atoms with E-state index in [1.165, 1.54) is 27.6 Å². The normalized spacial score (nSPS) is 11.6. The number of hydrogen-bond donors (Lipinski definition) is 0. The first kappa shape index (κ1) is 27.0. The van der Waals surface area contributed by atoms with Crippen LogP contribution in [0.4, 0.5) is 0 Å². The fourth-order valence-electron chi connectivity index (χ4n) is 6.50. The summed E-state index contributed by atoms with van der Waals surface area (Å²) >= 11 is 0. The fraction of sp³-hybridized carbons (Fsp3) is 0. The lowest BCUT2D eigenvalue weighted by molar-refractivity contribution is 0.487. The van der Waals surface area contributed by atoms with E-state index in [1.807, 2.05) is 24.3 Å². The third-order valence-corrected chi connectivity index (χ3v) is 8.92. The van der Waals surface area contributed by atoms with Crippen molar-refractivity contribution in [1.29, 1.82) is 0 Å². The summed E-state index contributed by atoms with van der Waals surface area (Å²) in [7, 11) is 0. The molecule has 0 atom stereocenters. The quantitative estimate of drug-likeness (QED) is 0.197. The van der Waals surface area contributed by atoms with Gasteiger partial charge < -0.3 is 4.74 Å². The van der Waals surface area contributed by atoms with Crippen LogP contribution in [0.5, 0.6) is 11.5 Å². The van der Waals surface area contributed by atoms with E-state index in [2.05, 4.69) is 146 Å². The first-order chi connectivity index (χ1) is 23.3. The summed E-state index contributed by atoms with van der Waals surface area (Å²) in [6, 6.07) is 59.1. The second-order valence-electron chi connectivity index (χ2n) is 11.8. The standard InChI is InChI=1S/C44H28N2O/c1-3-9-29(10-4-1)31-17-21-33(22-18-31)39-28-40(46-44(45-39)35-23-19-32(20-24-35)30-11-5-2-6-12-30)36-25-26-41-38(27-36)37-15-7-13-34-14-8-16-42(47-41)43(34)37/h1-28H. The topological polar surface area (TPSA) is 35.0 Å². The van der Waals surface area contributed by atoms with Gasteiger partial charge in [0, 0.05) is 27.6 Å². The van der Waals surface area contributed by atoms with E-state index in [0.717, 1.165) is 56.1 Å². The van der Waals surface area contributed by atoms with Crippen LogP contribution in [0.25, 0.3) is 78.1 Å². The van der Waals surface area contributed by atoms with Gasteiger partial charge in [0.15, 0.2) is 5.82 Å². The van der Waals surface area contributed by atoms with E-state index in [1.54, 1.807) is 0 Å². The molecular formula is C44H28N2O. The Morgan fingerprint density at radius 2 is 0.872 bits per heavy atom. The Hall–Kier alpha value is -6.32. The van der Waals surface area contributed by atoms with Gasteiger partial charge in [0.25, 0.3) is 0 Å². The van der Waals surface area contributed by atoms with Gasteiger partial charge in [0.1, 0.15) is 11.5 Å². The molecule has 0 aliphatic carbocycles. The molecule has 0 spiro atoms. The van der Waals surface area contributed by atoms with Crippen molar-refractivity contribution in [3.63, 3.8) is 0 Å². The second-order valence-corrected chi connectivity index (χ2v) is 11.8. The first-order valence-corrected chi connectivity index (χ1v) is 15.8. The van der Waals surface area contributed by atoms with E-state index in [4.69, 9.17) is 14.7 Å². The Bertz CT molecular complexity index is 2290. The van der Waals surface area contributed by atoms with Crippen molar-refractivity contribution < 1.29 is 4.74 Å². The SMILES string of the molecule is c1ccc(-c2ccc(-c3cc(-c4ccc5c(c4)-c4cccc6cccc(c46)O5)nc(-c4ccc(-c5ccccc5)cc4)n3)cc2)cc1. The summed E-state index contributed by atoms with van der Waals surface area (Å²) in [6.07, 6.45) is 0. The van der Waals surface area contributed by atoms with Crippen molar-refractivity contribution in [2.75, 3.05) is 0 Å². The van der Waals surface area contributed by atoms with Crippen molar-refractivity contribution >= 4 is 10.8 Å². The maximum absolute atomic E-state index is 6.39. The molecule has 9 rings (SSSR count). The largest absolute Gasteiger partial charge is 0.456 e. The second kappa shape index (κ2) is 11.2. The molecule has 0 bridgehead atoms. The molecule has 1 aliphatic heterocycles. The molecule has 0 amide bonds. The van der Waals surface area contributed by atoms with E-state index in [9.17, 15) is 0 Å². The maximum Gasteiger partial charge on any atom is 0.160 e. The summed E-state index contributed by atoms with van der Waals surface area (Å²) < 4.78 is 6.39. The molecule has 2 heterocycles. The minimum absolute atomic E-state index is 0.686. The highest BCUT2D eigenvalue weighted by Gasteiger charge is 2.21. The van der Waals surface area contributed by atoms with Gasteiger partial charge in [0.2, 0.25) is 0 Å². The number of nitrogens with zero attached hydrogens (tertiary/aromatic N) is 2. The van der Waals surface area contributed by atoms with E-state index < -0.39 is 0 Å². The summed E-state index contributed by atoms with van der Waals surface area (Å²) in [4.78, 5) is 10.3. The smallest absolute Gasteiger partial charge is 0.160 e. The summed E-state index contributed by atoms with van der Waals surface area (Å²) in [5.41, 5.74) is 11.7. The average molecular weight is 601 g/mol. The highest BCUT2D eigenvalue weighted by Crippen LogP contribution is 2.47. The Morgan fingerprint density at radius 3 is 1.53 bits per heavy atom. The fourth-order valence-corrected chi connectivity index (χ4v) is 6.50. The molecule has 1 aromatic heterocycles. The van der Waals surface area contributed by atoms with Gasteiger partial charge in [-0.25, -0.2) is 9.97 Å². The Morgan fingerprint density at radius 1 is 0.340 bits per heavy atom. The summed E-state index contributed by atoms with van der Waals surface area (Å²) in [6.45, 7) is 0. The van der Waals surface area contributed by atoms with Crippen LogP contribution in [0.3, 0.4) is 0 Å². The summed E-state index contributed by atoms with van der Waals surface area (Å²) in [5, 5.41) is 2.31. The van der Waals surface area contributed by atoms with E-state index in [-0.39, 0.29) is 0 Å². The van der Waals surface area contributed by atoms with Gasteiger partial charge >= 0.3 is 0 Å². The molecule has 0 fully saturated rings. The van der Waals surface area contributed by atoms with Gasteiger partial charge in [-0.3, -0.25) is 0 Å². The lowest BCUT2D eigenvalue weighted by Gasteiger charge is -2.22. The van der Waals surface area contributed by atoms with Crippen LogP contribution < -0.4 is 4.74 Å². The molecule has 0 saturated heterocycles. The molecule has 8 aromatic rings. The van der Waals surface area contributed by atoms with Gasteiger partial charge in [-0.05, 0) is 63.5 Å². The Balaban J connectivity index is 1.17. The van der Waals surface area contributed by atoms with Gasteiger partial charge in [-0.15, -0.1) is 0 Å². The Kier molecular flexibility index (Phi) is 6.46. The predicted octanol–water partition coefficient (Wildman–Crippen LogP) is 11.7. The van der Waals surface area contributed by atoms with Crippen LogP contribution in [-0.2, 0) is 0 Å². The lowest BCUT2D eigenvalue weighted by atomic mass is 9.93. The number of benzene rings is 7.